The lowest BCUT2D eigenvalue weighted by Gasteiger charge is -2.25. The van der Waals surface area contributed by atoms with Gasteiger partial charge in [0.1, 0.15) is 25.3 Å². The Morgan fingerprint density at radius 2 is 1.31 bits per heavy atom. The van der Waals surface area contributed by atoms with Gasteiger partial charge in [-0.3, -0.25) is 9.69 Å². The minimum Gasteiger partial charge on any atom is -0.459 e. The predicted molar refractivity (Wildman–Crippen MR) is 135 cm³/mol. The lowest BCUT2D eigenvalue weighted by Crippen LogP contribution is -2.52. The maximum absolute atomic E-state index is 13.2. The topological polar surface area (TPSA) is 84.9 Å². The molecule has 4 rings (SSSR count). The van der Waals surface area contributed by atoms with Crippen molar-refractivity contribution in [2.45, 2.75) is 44.6 Å². The van der Waals surface area contributed by atoms with E-state index in [-0.39, 0.29) is 25.5 Å². The minimum absolute atomic E-state index is 0.113. The van der Waals surface area contributed by atoms with Gasteiger partial charge in [0.2, 0.25) is 5.91 Å². The molecule has 1 heterocycles. The largest absolute Gasteiger partial charge is 0.459 e. The van der Waals surface area contributed by atoms with Gasteiger partial charge in [0.15, 0.2) is 0 Å². The van der Waals surface area contributed by atoms with Crippen LogP contribution in [0, 0.1) is 0 Å². The molecule has 1 aliphatic heterocycles. The Bertz CT molecular complexity index is 1140. The van der Waals surface area contributed by atoms with Crippen molar-refractivity contribution in [1.82, 2.24) is 10.2 Å². The third-order valence-electron chi connectivity index (χ3n) is 6.10. The number of hydrogen-bond donors (Lipinski definition) is 1. The normalized spacial score (nSPS) is 15.7. The summed E-state index contributed by atoms with van der Waals surface area (Å²) in [5.41, 5.74) is 2.62. The van der Waals surface area contributed by atoms with Crippen LogP contribution >= 0.6 is 0 Å². The summed E-state index contributed by atoms with van der Waals surface area (Å²) >= 11 is 0. The van der Waals surface area contributed by atoms with Gasteiger partial charge >= 0.3 is 12.1 Å². The number of likely N-dealkylation sites (tertiary alicyclic amines) is 1. The van der Waals surface area contributed by atoms with E-state index in [1.165, 1.54) is 4.90 Å². The number of carbonyl (C=O) groups excluding carboxylic acids is 3. The SMILES string of the molecule is O=C(OCc1ccccc1)C(Cc1ccccc1)NC(=O)C1CCCN1C(=O)OCc1ccccc1. The van der Waals surface area contributed by atoms with Gasteiger partial charge in [0.05, 0.1) is 0 Å². The number of nitrogens with zero attached hydrogens (tertiary/aromatic N) is 1. The fraction of sp³-hybridized carbons (Fsp3) is 0.276. The van der Waals surface area contributed by atoms with E-state index in [1.807, 2.05) is 91.0 Å². The minimum atomic E-state index is -0.883. The number of nitrogens with one attached hydrogen (secondary N) is 1. The first kappa shape index (κ1) is 25.0. The van der Waals surface area contributed by atoms with Crippen LogP contribution in [0.2, 0.25) is 0 Å². The molecule has 2 amide bonds. The third-order valence-corrected chi connectivity index (χ3v) is 6.10. The maximum atomic E-state index is 13.2. The van der Waals surface area contributed by atoms with Gasteiger partial charge in [0.25, 0.3) is 0 Å². The Morgan fingerprint density at radius 3 is 1.89 bits per heavy atom. The number of carbonyl (C=O) groups is 3. The summed E-state index contributed by atoms with van der Waals surface area (Å²) in [6, 6.07) is 26.6. The van der Waals surface area contributed by atoms with Crippen molar-refractivity contribution in [3.8, 4) is 0 Å². The van der Waals surface area contributed by atoms with Gasteiger partial charge in [0, 0.05) is 13.0 Å². The molecule has 0 aromatic heterocycles. The fourth-order valence-electron chi connectivity index (χ4n) is 4.20. The van der Waals surface area contributed by atoms with E-state index in [1.54, 1.807) is 0 Å². The molecule has 0 saturated carbocycles. The highest BCUT2D eigenvalue weighted by Gasteiger charge is 2.37. The first-order valence-corrected chi connectivity index (χ1v) is 12.1. The quantitative estimate of drug-likeness (QED) is 0.457. The second-order valence-electron chi connectivity index (χ2n) is 8.74. The predicted octanol–water partition coefficient (Wildman–Crippen LogP) is 4.26. The Hall–Kier alpha value is -4.13. The molecule has 1 saturated heterocycles. The average molecular weight is 487 g/mol. The molecule has 7 nitrogen and oxygen atoms in total. The van der Waals surface area contributed by atoms with Gasteiger partial charge < -0.3 is 14.8 Å². The van der Waals surface area contributed by atoms with E-state index in [0.717, 1.165) is 16.7 Å². The summed E-state index contributed by atoms with van der Waals surface area (Å²) in [4.78, 5) is 40.4. The average Bonchev–Trinajstić information content (AvgIpc) is 3.42. The summed E-state index contributed by atoms with van der Waals surface area (Å²) in [5.74, 6) is -0.908. The van der Waals surface area contributed by atoms with E-state index < -0.39 is 24.1 Å². The van der Waals surface area contributed by atoms with Crippen molar-refractivity contribution in [2.24, 2.45) is 0 Å². The Morgan fingerprint density at radius 1 is 0.778 bits per heavy atom. The molecule has 3 aromatic rings. The van der Waals surface area contributed by atoms with E-state index in [0.29, 0.717) is 19.4 Å². The zero-order chi connectivity index (χ0) is 25.2. The molecule has 7 heteroatoms. The highest BCUT2D eigenvalue weighted by molar-refractivity contribution is 5.90. The Kier molecular flexibility index (Phi) is 8.70. The molecule has 1 fully saturated rings. The van der Waals surface area contributed by atoms with Crippen molar-refractivity contribution in [3.63, 3.8) is 0 Å². The number of hydrogen-bond acceptors (Lipinski definition) is 5. The molecule has 0 bridgehead atoms. The molecule has 0 spiro atoms. The molecule has 0 radical (unpaired) electrons. The van der Waals surface area contributed by atoms with Gasteiger partial charge in [-0.25, -0.2) is 9.59 Å². The second-order valence-corrected chi connectivity index (χ2v) is 8.74. The molecule has 1 N–H and O–H groups in total. The van der Waals surface area contributed by atoms with Crippen molar-refractivity contribution in [3.05, 3.63) is 108 Å². The lowest BCUT2D eigenvalue weighted by atomic mass is 10.1. The summed E-state index contributed by atoms with van der Waals surface area (Å²) in [5, 5.41) is 2.84. The number of esters is 1. The fourth-order valence-corrected chi connectivity index (χ4v) is 4.20. The van der Waals surface area contributed by atoms with Crippen LogP contribution in [0.4, 0.5) is 4.79 Å². The van der Waals surface area contributed by atoms with E-state index in [4.69, 9.17) is 9.47 Å². The van der Waals surface area contributed by atoms with Gasteiger partial charge in [-0.15, -0.1) is 0 Å². The van der Waals surface area contributed by atoms with Crippen LogP contribution in [-0.4, -0.2) is 41.5 Å². The summed E-state index contributed by atoms with van der Waals surface area (Å²) < 4.78 is 11.0. The summed E-state index contributed by atoms with van der Waals surface area (Å²) in [6.45, 7) is 0.669. The van der Waals surface area contributed by atoms with Crippen LogP contribution in [0.1, 0.15) is 29.5 Å². The molecular weight excluding hydrogens is 456 g/mol. The molecule has 1 aliphatic rings. The summed E-state index contributed by atoms with van der Waals surface area (Å²) in [6.07, 6.45) is 0.928. The van der Waals surface area contributed by atoms with Crippen LogP contribution in [0.25, 0.3) is 0 Å². The first-order chi connectivity index (χ1) is 17.6. The van der Waals surface area contributed by atoms with Gasteiger partial charge in [-0.1, -0.05) is 91.0 Å². The second kappa shape index (κ2) is 12.5. The third kappa shape index (κ3) is 6.95. The van der Waals surface area contributed by atoms with E-state index >= 15 is 0 Å². The Labute approximate surface area is 211 Å². The van der Waals surface area contributed by atoms with Crippen molar-refractivity contribution in [1.29, 1.82) is 0 Å². The Balaban J connectivity index is 1.39. The van der Waals surface area contributed by atoms with Crippen LogP contribution in [0.3, 0.4) is 0 Å². The van der Waals surface area contributed by atoms with Crippen LogP contribution in [-0.2, 0) is 38.7 Å². The van der Waals surface area contributed by atoms with Crippen molar-refractivity contribution in [2.75, 3.05) is 6.54 Å². The summed E-state index contributed by atoms with van der Waals surface area (Å²) in [7, 11) is 0. The van der Waals surface area contributed by atoms with Gasteiger partial charge in [-0.2, -0.15) is 0 Å². The lowest BCUT2D eigenvalue weighted by molar-refractivity contribution is -0.149. The molecule has 2 atom stereocenters. The highest BCUT2D eigenvalue weighted by atomic mass is 16.6. The molecule has 3 aromatic carbocycles. The molecular formula is C29H30N2O5. The first-order valence-electron chi connectivity index (χ1n) is 12.1. The molecule has 0 aliphatic carbocycles. The number of rotatable bonds is 9. The molecule has 2 unspecified atom stereocenters. The van der Waals surface area contributed by atoms with Gasteiger partial charge in [-0.05, 0) is 29.5 Å². The molecule has 186 valence electrons. The van der Waals surface area contributed by atoms with Crippen molar-refractivity contribution >= 4 is 18.0 Å². The standard InChI is InChI=1S/C29H30N2O5/c32-27(26-17-10-18-31(26)29(34)36-21-24-15-8-3-9-16-24)30-25(19-22-11-4-1-5-12-22)28(33)35-20-23-13-6-2-7-14-23/h1-9,11-16,25-26H,10,17-21H2,(H,30,32). The number of benzene rings is 3. The zero-order valence-corrected chi connectivity index (χ0v) is 20.0. The van der Waals surface area contributed by atoms with E-state index in [9.17, 15) is 14.4 Å². The molecule has 36 heavy (non-hydrogen) atoms. The van der Waals surface area contributed by atoms with Crippen molar-refractivity contribution < 1.29 is 23.9 Å². The van der Waals surface area contributed by atoms with E-state index in [2.05, 4.69) is 5.32 Å². The number of ether oxygens (including phenoxy) is 2. The highest BCUT2D eigenvalue weighted by Crippen LogP contribution is 2.20. The smallest absolute Gasteiger partial charge is 0.410 e. The monoisotopic (exact) mass is 486 g/mol. The number of amides is 2. The van der Waals surface area contributed by atoms with Crippen LogP contribution in [0.15, 0.2) is 91.0 Å². The van der Waals surface area contributed by atoms with Crippen LogP contribution in [0.5, 0.6) is 0 Å². The maximum Gasteiger partial charge on any atom is 0.410 e. The van der Waals surface area contributed by atoms with Crippen LogP contribution < -0.4 is 5.32 Å². The zero-order valence-electron chi connectivity index (χ0n) is 20.0.